The fraction of sp³-hybridized carbons (Fsp3) is 0.0952. The molecule has 2 amide bonds. The lowest BCUT2D eigenvalue weighted by Gasteiger charge is -2.10. The van der Waals surface area contributed by atoms with Crippen molar-refractivity contribution in [3.8, 4) is 11.8 Å². The number of aromatic nitrogens is 1. The molecule has 3 aromatic rings. The third-order valence-electron chi connectivity index (χ3n) is 3.71. The summed E-state index contributed by atoms with van der Waals surface area (Å²) in [4.78, 5) is 16.2. The van der Waals surface area contributed by atoms with Crippen LogP contribution in [0.3, 0.4) is 0 Å². The van der Waals surface area contributed by atoms with Gasteiger partial charge in [0, 0.05) is 18.0 Å². The van der Waals surface area contributed by atoms with Crippen molar-refractivity contribution in [2.45, 2.75) is 13.2 Å². The van der Waals surface area contributed by atoms with Gasteiger partial charge in [-0.25, -0.2) is 4.79 Å². The van der Waals surface area contributed by atoms with E-state index in [9.17, 15) is 4.79 Å². The van der Waals surface area contributed by atoms with Gasteiger partial charge in [-0.05, 0) is 42.0 Å². The molecule has 0 saturated carbocycles. The summed E-state index contributed by atoms with van der Waals surface area (Å²) >= 11 is 0. The Hall–Kier alpha value is -3.85. The van der Waals surface area contributed by atoms with E-state index in [-0.39, 0.29) is 6.03 Å². The number of amides is 2. The van der Waals surface area contributed by atoms with E-state index in [1.165, 1.54) is 0 Å². The number of nitrogens with zero attached hydrogens (tertiary/aromatic N) is 2. The van der Waals surface area contributed by atoms with Gasteiger partial charge < -0.3 is 15.4 Å². The molecular formula is C21H18N4O2. The number of pyridine rings is 1. The summed E-state index contributed by atoms with van der Waals surface area (Å²) in [6, 6.07) is 21.7. The van der Waals surface area contributed by atoms with Gasteiger partial charge in [0.05, 0.1) is 23.9 Å². The number of nitriles is 1. The molecule has 0 radical (unpaired) electrons. The van der Waals surface area contributed by atoms with E-state index in [1.54, 1.807) is 36.5 Å². The van der Waals surface area contributed by atoms with E-state index in [1.807, 2.05) is 36.4 Å². The Bertz CT molecular complexity index is 952. The molecule has 0 aliphatic heterocycles. The van der Waals surface area contributed by atoms with Crippen LogP contribution in [0.4, 0.5) is 10.5 Å². The normalized spacial score (nSPS) is 9.89. The largest absolute Gasteiger partial charge is 0.489 e. The average molecular weight is 358 g/mol. The molecule has 0 fully saturated rings. The molecular weight excluding hydrogens is 340 g/mol. The number of anilines is 1. The first-order chi connectivity index (χ1) is 13.2. The number of nitrogens with one attached hydrogen (secondary N) is 2. The third-order valence-corrected chi connectivity index (χ3v) is 3.71. The summed E-state index contributed by atoms with van der Waals surface area (Å²) in [5.74, 6) is 0.625. The maximum atomic E-state index is 12.0. The quantitative estimate of drug-likeness (QED) is 0.700. The van der Waals surface area contributed by atoms with E-state index in [0.29, 0.717) is 30.2 Å². The minimum Gasteiger partial charge on any atom is -0.489 e. The smallest absolute Gasteiger partial charge is 0.319 e. The number of hydrogen-bond donors (Lipinski definition) is 2. The average Bonchev–Trinajstić information content (AvgIpc) is 2.72. The molecule has 27 heavy (non-hydrogen) atoms. The van der Waals surface area contributed by atoms with Crippen LogP contribution in [0.1, 0.15) is 16.8 Å². The second kappa shape index (κ2) is 9.02. The zero-order valence-corrected chi connectivity index (χ0v) is 14.6. The van der Waals surface area contributed by atoms with Crippen LogP contribution in [-0.2, 0) is 13.2 Å². The number of hydrogen-bond acceptors (Lipinski definition) is 4. The minimum atomic E-state index is -0.320. The van der Waals surface area contributed by atoms with E-state index in [4.69, 9.17) is 10.00 Å². The molecule has 6 heteroatoms. The van der Waals surface area contributed by atoms with Crippen molar-refractivity contribution in [3.63, 3.8) is 0 Å². The number of benzene rings is 2. The first-order valence-corrected chi connectivity index (χ1v) is 8.39. The van der Waals surface area contributed by atoms with Crippen LogP contribution in [0.2, 0.25) is 0 Å². The summed E-state index contributed by atoms with van der Waals surface area (Å²) in [5.41, 5.74) is 2.90. The maximum Gasteiger partial charge on any atom is 0.319 e. The molecule has 134 valence electrons. The SMILES string of the molecule is N#Cc1cccc(COc2cccc(NC(=O)NCc3ccccn3)c2)c1. The molecule has 1 heterocycles. The van der Waals surface area contributed by atoms with Gasteiger partial charge in [0.15, 0.2) is 0 Å². The number of carbonyl (C=O) groups is 1. The lowest BCUT2D eigenvalue weighted by molar-refractivity contribution is 0.251. The molecule has 0 atom stereocenters. The Morgan fingerprint density at radius 3 is 2.78 bits per heavy atom. The van der Waals surface area contributed by atoms with Gasteiger partial charge in [0.1, 0.15) is 12.4 Å². The number of urea groups is 1. The first kappa shape index (κ1) is 18.0. The molecule has 0 unspecified atom stereocenters. The van der Waals surface area contributed by atoms with Gasteiger partial charge in [0.2, 0.25) is 0 Å². The van der Waals surface area contributed by atoms with E-state index in [0.717, 1.165) is 11.3 Å². The standard InChI is InChI=1S/C21H18N4O2/c22-13-16-5-3-6-17(11-16)15-27-20-9-4-8-18(12-20)25-21(26)24-14-19-7-1-2-10-23-19/h1-12H,14-15H2,(H2,24,25,26). The number of ether oxygens (including phenoxy) is 1. The van der Waals surface area contributed by atoms with Gasteiger partial charge in [-0.2, -0.15) is 5.26 Å². The topological polar surface area (TPSA) is 87.0 Å². The number of rotatable bonds is 6. The van der Waals surface area contributed by atoms with Gasteiger partial charge in [-0.3, -0.25) is 4.98 Å². The Labute approximate surface area is 157 Å². The second-order valence-electron chi connectivity index (χ2n) is 5.76. The Morgan fingerprint density at radius 2 is 1.96 bits per heavy atom. The Kier molecular flexibility index (Phi) is 6.00. The van der Waals surface area contributed by atoms with Crippen LogP contribution < -0.4 is 15.4 Å². The molecule has 2 N–H and O–H groups in total. The molecule has 2 aromatic carbocycles. The van der Waals surface area contributed by atoms with Crippen LogP contribution in [0, 0.1) is 11.3 Å². The van der Waals surface area contributed by atoms with Gasteiger partial charge in [0.25, 0.3) is 0 Å². The highest BCUT2D eigenvalue weighted by atomic mass is 16.5. The lowest BCUT2D eigenvalue weighted by atomic mass is 10.1. The number of carbonyl (C=O) groups excluding carboxylic acids is 1. The summed E-state index contributed by atoms with van der Waals surface area (Å²) in [6.45, 7) is 0.683. The van der Waals surface area contributed by atoms with Crippen LogP contribution in [0.25, 0.3) is 0 Å². The summed E-state index contributed by atoms with van der Waals surface area (Å²) in [6.07, 6.45) is 1.68. The summed E-state index contributed by atoms with van der Waals surface area (Å²) in [7, 11) is 0. The molecule has 0 saturated heterocycles. The van der Waals surface area contributed by atoms with Crippen LogP contribution in [-0.4, -0.2) is 11.0 Å². The van der Waals surface area contributed by atoms with E-state index >= 15 is 0 Å². The molecule has 3 rings (SSSR count). The lowest BCUT2D eigenvalue weighted by Crippen LogP contribution is -2.28. The van der Waals surface area contributed by atoms with Crippen LogP contribution in [0.15, 0.2) is 72.9 Å². The predicted octanol–water partition coefficient (Wildman–Crippen LogP) is 3.85. The van der Waals surface area contributed by atoms with E-state index in [2.05, 4.69) is 21.7 Å². The highest BCUT2D eigenvalue weighted by molar-refractivity contribution is 5.89. The molecule has 0 spiro atoms. The van der Waals surface area contributed by atoms with Crippen molar-refractivity contribution >= 4 is 11.7 Å². The van der Waals surface area contributed by atoms with Gasteiger partial charge in [-0.1, -0.05) is 24.3 Å². The fourth-order valence-electron chi connectivity index (χ4n) is 2.41. The van der Waals surface area contributed by atoms with Crippen LogP contribution >= 0.6 is 0 Å². The molecule has 0 aliphatic carbocycles. The zero-order chi connectivity index (χ0) is 18.9. The van der Waals surface area contributed by atoms with Crippen molar-refractivity contribution in [1.82, 2.24) is 10.3 Å². The van der Waals surface area contributed by atoms with E-state index < -0.39 is 0 Å². The summed E-state index contributed by atoms with van der Waals surface area (Å²) in [5, 5.41) is 14.5. The molecule has 1 aromatic heterocycles. The Balaban J connectivity index is 1.53. The third kappa shape index (κ3) is 5.58. The monoisotopic (exact) mass is 358 g/mol. The zero-order valence-electron chi connectivity index (χ0n) is 14.6. The summed E-state index contributed by atoms with van der Waals surface area (Å²) < 4.78 is 5.75. The van der Waals surface area contributed by atoms with Crippen molar-refractivity contribution < 1.29 is 9.53 Å². The fourth-order valence-corrected chi connectivity index (χ4v) is 2.41. The van der Waals surface area contributed by atoms with Gasteiger partial charge in [-0.15, -0.1) is 0 Å². The van der Waals surface area contributed by atoms with Crippen molar-refractivity contribution in [1.29, 1.82) is 5.26 Å². The van der Waals surface area contributed by atoms with Crippen molar-refractivity contribution in [3.05, 3.63) is 89.7 Å². The molecule has 6 nitrogen and oxygen atoms in total. The molecule has 0 bridgehead atoms. The van der Waals surface area contributed by atoms with Gasteiger partial charge >= 0.3 is 6.03 Å². The molecule has 0 aliphatic rings. The predicted molar refractivity (Wildman–Crippen MR) is 102 cm³/mol. The maximum absolute atomic E-state index is 12.0. The Morgan fingerprint density at radius 1 is 1.07 bits per heavy atom. The van der Waals surface area contributed by atoms with Crippen molar-refractivity contribution in [2.24, 2.45) is 0 Å². The minimum absolute atomic E-state index is 0.320. The van der Waals surface area contributed by atoms with Crippen LogP contribution in [0.5, 0.6) is 5.75 Å². The highest BCUT2D eigenvalue weighted by Crippen LogP contribution is 2.19. The first-order valence-electron chi connectivity index (χ1n) is 8.39. The second-order valence-corrected chi connectivity index (χ2v) is 5.76. The highest BCUT2D eigenvalue weighted by Gasteiger charge is 2.04. The van der Waals surface area contributed by atoms with Crippen molar-refractivity contribution in [2.75, 3.05) is 5.32 Å².